The smallest absolute Gasteiger partial charge is 0.225 e. The Morgan fingerprint density at radius 3 is 2.65 bits per heavy atom. The van der Waals surface area contributed by atoms with E-state index >= 15 is 0 Å². The lowest BCUT2D eigenvalue weighted by molar-refractivity contribution is -0.125. The number of hydrogen-bond donors (Lipinski definition) is 1. The highest BCUT2D eigenvalue weighted by molar-refractivity contribution is 5.79. The normalized spacial score (nSPS) is 19.9. The Morgan fingerprint density at radius 1 is 1.06 bits per heavy atom. The van der Waals surface area contributed by atoms with E-state index in [2.05, 4.69) is 25.1 Å². The molecule has 2 fully saturated rings. The molecule has 0 bridgehead atoms. The van der Waals surface area contributed by atoms with E-state index < -0.39 is 0 Å². The van der Waals surface area contributed by atoms with E-state index in [1.165, 1.54) is 44.5 Å². The molecule has 3 heterocycles. The van der Waals surface area contributed by atoms with Crippen molar-refractivity contribution in [2.45, 2.75) is 38.5 Å². The van der Waals surface area contributed by atoms with Crippen LogP contribution in [0.1, 0.15) is 38.5 Å². The van der Waals surface area contributed by atoms with E-state index in [0.717, 1.165) is 50.0 Å². The summed E-state index contributed by atoms with van der Waals surface area (Å²) in [5.41, 5.74) is 1.54. The van der Waals surface area contributed by atoms with Crippen molar-refractivity contribution in [1.29, 1.82) is 0 Å². The van der Waals surface area contributed by atoms with E-state index in [1.54, 1.807) is 18.5 Å². The molecule has 7 heteroatoms. The number of nitrogens with zero attached hydrogens (tertiary/aromatic N) is 4. The highest BCUT2D eigenvalue weighted by Crippen LogP contribution is 2.23. The van der Waals surface area contributed by atoms with Gasteiger partial charge in [0.05, 0.1) is 5.92 Å². The first-order chi connectivity index (χ1) is 15.2. The van der Waals surface area contributed by atoms with E-state index in [0.29, 0.717) is 12.5 Å². The van der Waals surface area contributed by atoms with Crippen molar-refractivity contribution in [1.82, 2.24) is 20.2 Å². The number of likely N-dealkylation sites (tertiary alicyclic amines) is 1. The summed E-state index contributed by atoms with van der Waals surface area (Å²) in [6, 6.07) is 6.42. The van der Waals surface area contributed by atoms with Gasteiger partial charge < -0.3 is 15.1 Å². The Labute approximate surface area is 183 Å². The Bertz CT molecular complexity index is 853. The summed E-state index contributed by atoms with van der Waals surface area (Å²) in [5.74, 6) is 0.458. The minimum Gasteiger partial charge on any atom is -0.356 e. The van der Waals surface area contributed by atoms with Crippen molar-refractivity contribution in [2.24, 2.45) is 5.92 Å². The molecule has 4 rings (SSSR count). The first-order valence-electron chi connectivity index (χ1n) is 11.5. The number of aromatic nitrogens is 2. The lowest BCUT2D eigenvalue weighted by atomic mass is 9.97. The summed E-state index contributed by atoms with van der Waals surface area (Å²) >= 11 is 0. The summed E-state index contributed by atoms with van der Waals surface area (Å²) < 4.78 is 13.5. The average molecular weight is 426 g/mol. The molecular weight excluding hydrogens is 393 g/mol. The van der Waals surface area contributed by atoms with Gasteiger partial charge in [-0.15, -0.1) is 0 Å². The number of rotatable bonds is 7. The Hall–Kier alpha value is -2.54. The molecular formula is C24H32FN5O. The average Bonchev–Trinajstić information content (AvgIpc) is 2.82. The molecule has 2 aliphatic rings. The zero-order valence-electron chi connectivity index (χ0n) is 18.1. The lowest BCUT2D eigenvalue weighted by Crippen LogP contribution is -2.44. The first kappa shape index (κ1) is 21.7. The molecule has 1 unspecified atom stereocenters. The third kappa shape index (κ3) is 6.00. The number of carbonyl (C=O) groups excluding carboxylic acids is 1. The maximum absolute atomic E-state index is 13.5. The lowest BCUT2D eigenvalue weighted by Gasteiger charge is -2.32. The number of benzene rings is 1. The second kappa shape index (κ2) is 10.7. The van der Waals surface area contributed by atoms with Crippen LogP contribution in [0.15, 0.2) is 36.7 Å². The minimum atomic E-state index is -0.276. The predicted molar refractivity (Wildman–Crippen MR) is 120 cm³/mol. The molecule has 1 N–H and O–H groups in total. The van der Waals surface area contributed by atoms with Gasteiger partial charge in [0.15, 0.2) is 0 Å². The fourth-order valence-corrected chi connectivity index (χ4v) is 4.52. The number of piperidine rings is 2. The highest BCUT2D eigenvalue weighted by atomic mass is 19.1. The number of nitrogens with one attached hydrogen (secondary N) is 1. The topological polar surface area (TPSA) is 61.4 Å². The zero-order valence-corrected chi connectivity index (χ0v) is 18.1. The maximum Gasteiger partial charge on any atom is 0.225 e. The molecule has 6 nitrogen and oxygen atoms in total. The van der Waals surface area contributed by atoms with Crippen LogP contribution in [0.3, 0.4) is 0 Å². The number of anilines is 1. The number of halogens is 1. The second-order valence-electron chi connectivity index (χ2n) is 8.61. The van der Waals surface area contributed by atoms with Crippen LogP contribution in [0, 0.1) is 11.7 Å². The SMILES string of the molecule is O=C(NCCCN1CCCCC1)C1CCCN(c2ncc(-c3cccc(F)c3)cn2)C1. The third-order valence-corrected chi connectivity index (χ3v) is 6.27. The molecule has 0 spiro atoms. The van der Waals surface area contributed by atoms with Gasteiger partial charge in [-0.05, 0) is 69.4 Å². The molecule has 31 heavy (non-hydrogen) atoms. The number of amides is 1. The molecule has 166 valence electrons. The molecule has 1 aromatic carbocycles. The maximum atomic E-state index is 13.5. The van der Waals surface area contributed by atoms with E-state index in [4.69, 9.17) is 0 Å². The van der Waals surface area contributed by atoms with Crippen LogP contribution >= 0.6 is 0 Å². The van der Waals surface area contributed by atoms with Crippen LogP contribution in [0.25, 0.3) is 11.1 Å². The van der Waals surface area contributed by atoms with Gasteiger partial charge in [0, 0.05) is 37.6 Å². The molecule has 2 saturated heterocycles. The molecule has 2 aliphatic heterocycles. The summed E-state index contributed by atoms with van der Waals surface area (Å²) in [6.07, 6.45) is 10.3. The van der Waals surface area contributed by atoms with Crippen LogP contribution in [-0.4, -0.2) is 60.0 Å². The fourth-order valence-electron chi connectivity index (χ4n) is 4.52. The van der Waals surface area contributed by atoms with Crippen molar-refractivity contribution >= 4 is 11.9 Å². The van der Waals surface area contributed by atoms with Crippen LogP contribution in [0.4, 0.5) is 10.3 Å². The van der Waals surface area contributed by atoms with Crippen molar-refractivity contribution in [2.75, 3.05) is 44.2 Å². The second-order valence-corrected chi connectivity index (χ2v) is 8.61. The summed E-state index contributed by atoms with van der Waals surface area (Å²) in [5, 5.41) is 3.13. The number of hydrogen-bond acceptors (Lipinski definition) is 5. The van der Waals surface area contributed by atoms with E-state index in [9.17, 15) is 9.18 Å². The highest BCUT2D eigenvalue weighted by Gasteiger charge is 2.27. The summed E-state index contributed by atoms with van der Waals surface area (Å²) in [7, 11) is 0. The van der Waals surface area contributed by atoms with E-state index in [1.807, 2.05) is 6.07 Å². The fraction of sp³-hybridized carbons (Fsp3) is 0.542. The quantitative estimate of drug-likeness (QED) is 0.688. The van der Waals surface area contributed by atoms with Gasteiger partial charge in [-0.1, -0.05) is 18.6 Å². The van der Waals surface area contributed by atoms with Crippen molar-refractivity contribution in [3.05, 3.63) is 42.5 Å². The molecule has 0 saturated carbocycles. The van der Waals surface area contributed by atoms with Gasteiger partial charge in [0.1, 0.15) is 5.82 Å². The van der Waals surface area contributed by atoms with Crippen molar-refractivity contribution in [3.63, 3.8) is 0 Å². The monoisotopic (exact) mass is 425 g/mol. The van der Waals surface area contributed by atoms with Gasteiger partial charge >= 0.3 is 0 Å². The van der Waals surface area contributed by atoms with Crippen molar-refractivity contribution in [3.8, 4) is 11.1 Å². The third-order valence-electron chi connectivity index (χ3n) is 6.27. The van der Waals surface area contributed by atoms with Gasteiger partial charge in [-0.2, -0.15) is 0 Å². The van der Waals surface area contributed by atoms with Crippen LogP contribution < -0.4 is 10.2 Å². The Balaban J connectivity index is 1.26. The van der Waals surface area contributed by atoms with Crippen LogP contribution in [-0.2, 0) is 4.79 Å². The van der Waals surface area contributed by atoms with Crippen LogP contribution in [0.2, 0.25) is 0 Å². The van der Waals surface area contributed by atoms with Gasteiger partial charge in [0.25, 0.3) is 0 Å². The molecule has 2 aromatic rings. The number of carbonyl (C=O) groups is 1. The molecule has 1 aromatic heterocycles. The Kier molecular flexibility index (Phi) is 7.46. The van der Waals surface area contributed by atoms with Crippen molar-refractivity contribution < 1.29 is 9.18 Å². The Morgan fingerprint density at radius 2 is 1.87 bits per heavy atom. The first-order valence-corrected chi connectivity index (χ1v) is 11.5. The standard InChI is InChI=1S/C24H32FN5O/c25-22-9-4-7-19(15-22)21-16-27-24(28-17-21)30-14-5-8-20(18-30)23(31)26-10-6-13-29-11-2-1-3-12-29/h4,7,9,15-17,20H,1-3,5-6,8,10-14,18H2,(H,26,31). The molecule has 1 amide bonds. The van der Waals surface area contributed by atoms with Gasteiger partial charge in [-0.25, -0.2) is 14.4 Å². The molecule has 0 radical (unpaired) electrons. The summed E-state index contributed by atoms with van der Waals surface area (Å²) in [6.45, 7) is 5.69. The van der Waals surface area contributed by atoms with Gasteiger partial charge in [0.2, 0.25) is 11.9 Å². The zero-order chi connectivity index (χ0) is 21.5. The van der Waals surface area contributed by atoms with E-state index in [-0.39, 0.29) is 17.6 Å². The summed E-state index contributed by atoms with van der Waals surface area (Å²) in [4.78, 5) is 26.2. The van der Waals surface area contributed by atoms with Gasteiger partial charge in [-0.3, -0.25) is 4.79 Å². The minimum absolute atomic E-state index is 0.0322. The van der Waals surface area contributed by atoms with Crippen LogP contribution in [0.5, 0.6) is 0 Å². The predicted octanol–water partition coefficient (Wildman–Crippen LogP) is 3.49. The molecule has 0 aliphatic carbocycles. The molecule has 1 atom stereocenters. The largest absolute Gasteiger partial charge is 0.356 e.